The van der Waals surface area contributed by atoms with Gasteiger partial charge < -0.3 is 11.1 Å². The number of hydrogen-bond acceptors (Lipinski definition) is 4. The molecule has 3 aromatic carbocycles. The van der Waals surface area contributed by atoms with Crippen LogP contribution >= 0.6 is 0 Å². The number of nitrogens with zero attached hydrogens (tertiary/aromatic N) is 2. The molecule has 0 bridgehead atoms. The van der Waals surface area contributed by atoms with E-state index in [1.54, 1.807) is 13.0 Å². The second-order valence-electron chi connectivity index (χ2n) is 8.45. The molecular formula is C28H26N4O3. The van der Waals surface area contributed by atoms with E-state index in [0.717, 1.165) is 22.3 Å². The van der Waals surface area contributed by atoms with Crippen LogP contribution in [0.5, 0.6) is 0 Å². The lowest BCUT2D eigenvalue weighted by Gasteiger charge is -2.17. The summed E-state index contributed by atoms with van der Waals surface area (Å²) < 4.78 is 1.54. The zero-order valence-electron chi connectivity index (χ0n) is 19.6. The summed E-state index contributed by atoms with van der Waals surface area (Å²) in [6.45, 7) is 3.82. The van der Waals surface area contributed by atoms with Gasteiger partial charge in [0, 0.05) is 6.42 Å². The summed E-state index contributed by atoms with van der Waals surface area (Å²) >= 11 is 0. The molecular weight excluding hydrogens is 440 g/mol. The number of carbonyl (C=O) groups is 3. The number of benzene rings is 3. The highest BCUT2D eigenvalue weighted by molar-refractivity contribution is 6.38. The summed E-state index contributed by atoms with van der Waals surface area (Å²) in [5, 5.41) is 7.19. The third-order valence-corrected chi connectivity index (χ3v) is 5.65. The Labute approximate surface area is 203 Å². The number of aromatic nitrogens is 2. The van der Waals surface area contributed by atoms with Crippen LogP contribution < -0.4 is 11.1 Å². The van der Waals surface area contributed by atoms with Crippen molar-refractivity contribution in [2.75, 3.05) is 0 Å². The van der Waals surface area contributed by atoms with Gasteiger partial charge in [-0.3, -0.25) is 14.4 Å². The van der Waals surface area contributed by atoms with Gasteiger partial charge in [0.05, 0.1) is 11.4 Å². The predicted molar refractivity (Wildman–Crippen MR) is 134 cm³/mol. The molecule has 0 aliphatic rings. The maximum atomic E-state index is 13.3. The van der Waals surface area contributed by atoms with Gasteiger partial charge >= 0.3 is 0 Å². The Morgan fingerprint density at radius 3 is 2.26 bits per heavy atom. The van der Waals surface area contributed by atoms with Crippen LogP contribution in [0.2, 0.25) is 0 Å². The third kappa shape index (κ3) is 5.52. The average Bonchev–Trinajstić information content (AvgIpc) is 3.25. The SMILES string of the molecule is Cc1cccc(-c2cccc(-n3nc(C)cc3C(=O)NC(Cc3ccccc3)C(=O)C(N)=O)c2)c1. The molecule has 0 aliphatic carbocycles. The lowest BCUT2D eigenvalue weighted by Crippen LogP contribution is -2.47. The molecule has 1 aromatic heterocycles. The molecule has 0 aliphatic heterocycles. The molecule has 1 atom stereocenters. The van der Waals surface area contributed by atoms with Crippen molar-refractivity contribution in [2.45, 2.75) is 26.3 Å². The van der Waals surface area contributed by atoms with E-state index >= 15 is 0 Å². The Bertz CT molecular complexity index is 1390. The standard InChI is InChI=1S/C28H26N4O3/c1-18-8-6-11-21(14-18)22-12-7-13-23(17-22)32-25(15-19(2)31-32)28(35)30-24(26(33)27(29)34)16-20-9-4-3-5-10-20/h3-15,17,24H,16H2,1-2H3,(H2,29,34)(H,30,35). The number of aryl methyl sites for hydroxylation is 2. The summed E-state index contributed by atoms with van der Waals surface area (Å²) in [5.41, 5.74) is 10.8. The normalized spacial score (nSPS) is 11.6. The highest BCUT2D eigenvalue weighted by Crippen LogP contribution is 2.24. The number of Topliss-reactive ketones (excluding diaryl/α,β-unsaturated/α-hetero) is 1. The molecule has 0 saturated carbocycles. The smallest absolute Gasteiger partial charge is 0.287 e. The van der Waals surface area contributed by atoms with Gasteiger partial charge in [0.15, 0.2) is 0 Å². The van der Waals surface area contributed by atoms with E-state index < -0.39 is 23.6 Å². The lowest BCUT2D eigenvalue weighted by molar-refractivity contribution is -0.137. The molecule has 0 saturated heterocycles. The maximum Gasteiger partial charge on any atom is 0.287 e. The van der Waals surface area contributed by atoms with E-state index in [2.05, 4.69) is 16.5 Å². The van der Waals surface area contributed by atoms with Gasteiger partial charge in [0.2, 0.25) is 5.78 Å². The second kappa shape index (κ2) is 10.2. The second-order valence-corrected chi connectivity index (χ2v) is 8.45. The van der Waals surface area contributed by atoms with Crippen LogP contribution in [0.25, 0.3) is 16.8 Å². The molecule has 4 aromatic rings. The molecule has 2 amide bonds. The number of ketones is 1. The molecule has 176 valence electrons. The zero-order chi connectivity index (χ0) is 24.9. The summed E-state index contributed by atoms with van der Waals surface area (Å²) in [5.74, 6) is -2.48. The fourth-order valence-corrected chi connectivity index (χ4v) is 3.96. The number of primary amides is 1. The first-order valence-corrected chi connectivity index (χ1v) is 11.2. The van der Waals surface area contributed by atoms with Crippen molar-refractivity contribution >= 4 is 17.6 Å². The van der Waals surface area contributed by atoms with Gasteiger partial charge in [-0.1, -0.05) is 72.3 Å². The van der Waals surface area contributed by atoms with E-state index in [1.807, 2.05) is 79.7 Å². The molecule has 0 radical (unpaired) electrons. The minimum Gasteiger partial charge on any atom is -0.363 e. The van der Waals surface area contributed by atoms with Gasteiger partial charge in [0.1, 0.15) is 11.7 Å². The van der Waals surface area contributed by atoms with Crippen molar-refractivity contribution in [3.8, 4) is 16.8 Å². The minimum absolute atomic E-state index is 0.143. The minimum atomic E-state index is -1.10. The Kier molecular flexibility index (Phi) is 6.87. The van der Waals surface area contributed by atoms with Crippen LogP contribution in [0.1, 0.15) is 27.3 Å². The Hall–Kier alpha value is -4.52. The first-order chi connectivity index (χ1) is 16.8. The maximum absolute atomic E-state index is 13.3. The first-order valence-electron chi connectivity index (χ1n) is 11.2. The summed E-state index contributed by atoms with van der Waals surface area (Å²) in [6.07, 6.45) is 0.143. The quantitative estimate of drug-likeness (QED) is 0.387. The van der Waals surface area contributed by atoms with Crippen molar-refractivity contribution in [3.05, 3.63) is 107 Å². The molecule has 1 unspecified atom stereocenters. The van der Waals surface area contributed by atoms with Gasteiger partial charge in [-0.05, 0) is 48.7 Å². The molecule has 7 heteroatoms. The van der Waals surface area contributed by atoms with Crippen molar-refractivity contribution in [2.24, 2.45) is 5.73 Å². The van der Waals surface area contributed by atoms with Crippen molar-refractivity contribution in [3.63, 3.8) is 0 Å². The molecule has 1 heterocycles. The molecule has 0 spiro atoms. The lowest BCUT2D eigenvalue weighted by atomic mass is 10.0. The zero-order valence-corrected chi connectivity index (χ0v) is 19.6. The van der Waals surface area contributed by atoms with Crippen LogP contribution in [0, 0.1) is 13.8 Å². The highest BCUT2D eigenvalue weighted by Gasteiger charge is 2.27. The summed E-state index contributed by atoms with van der Waals surface area (Å²) in [4.78, 5) is 37.4. The van der Waals surface area contributed by atoms with Gasteiger partial charge in [-0.15, -0.1) is 0 Å². The molecule has 3 N–H and O–H groups in total. The van der Waals surface area contributed by atoms with E-state index in [0.29, 0.717) is 11.4 Å². The molecule has 0 fully saturated rings. The Morgan fingerprint density at radius 2 is 1.57 bits per heavy atom. The third-order valence-electron chi connectivity index (χ3n) is 5.65. The molecule has 7 nitrogen and oxygen atoms in total. The fraction of sp³-hybridized carbons (Fsp3) is 0.143. The van der Waals surface area contributed by atoms with E-state index in [9.17, 15) is 14.4 Å². The van der Waals surface area contributed by atoms with Crippen LogP contribution in [-0.2, 0) is 16.0 Å². The topological polar surface area (TPSA) is 107 Å². The average molecular weight is 467 g/mol. The Balaban J connectivity index is 1.65. The van der Waals surface area contributed by atoms with Gasteiger partial charge in [-0.25, -0.2) is 4.68 Å². The van der Waals surface area contributed by atoms with Crippen molar-refractivity contribution in [1.29, 1.82) is 0 Å². The fourth-order valence-electron chi connectivity index (χ4n) is 3.96. The number of carbonyl (C=O) groups excluding carboxylic acids is 3. The van der Waals surface area contributed by atoms with Crippen molar-refractivity contribution in [1.82, 2.24) is 15.1 Å². The largest absolute Gasteiger partial charge is 0.363 e. The van der Waals surface area contributed by atoms with Crippen LogP contribution in [-0.4, -0.2) is 33.4 Å². The Morgan fingerprint density at radius 1 is 0.886 bits per heavy atom. The predicted octanol–water partition coefficient (Wildman–Crippen LogP) is 3.55. The number of nitrogens with two attached hydrogens (primary N) is 1. The number of hydrogen-bond donors (Lipinski definition) is 2. The number of amides is 2. The monoisotopic (exact) mass is 466 g/mol. The van der Waals surface area contributed by atoms with Gasteiger partial charge in [0.25, 0.3) is 11.8 Å². The van der Waals surface area contributed by atoms with Gasteiger partial charge in [-0.2, -0.15) is 5.10 Å². The van der Waals surface area contributed by atoms with E-state index in [1.165, 1.54) is 4.68 Å². The summed E-state index contributed by atoms with van der Waals surface area (Å²) in [7, 11) is 0. The van der Waals surface area contributed by atoms with E-state index in [-0.39, 0.29) is 12.1 Å². The van der Waals surface area contributed by atoms with Crippen LogP contribution in [0.15, 0.2) is 84.9 Å². The number of nitrogens with one attached hydrogen (secondary N) is 1. The number of rotatable bonds is 8. The van der Waals surface area contributed by atoms with Crippen molar-refractivity contribution < 1.29 is 14.4 Å². The molecule has 4 rings (SSSR count). The van der Waals surface area contributed by atoms with Crippen LogP contribution in [0.3, 0.4) is 0 Å². The van der Waals surface area contributed by atoms with Crippen LogP contribution in [0.4, 0.5) is 0 Å². The summed E-state index contributed by atoms with van der Waals surface area (Å²) in [6, 6.07) is 25.5. The first kappa shape index (κ1) is 23.6. The highest BCUT2D eigenvalue weighted by atomic mass is 16.2. The molecule has 35 heavy (non-hydrogen) atoms. The van der Waals surface area contributed by atoms with E-state index in [4.69, 9.17) is 5.73 Å².